The van der Waals surface area contributed by atoms with E-state index in [4.69, 9.17) is 30.3 Å². The number of carboxylic acid groups (broad SMARTS) is 5. The summed E-state index contributed by atoms with van der Waals surface area (Å²) in [7, 11) is 16.0. The Kier molecular flexibility index (Phi) is 99.8. The van der Waals surface area contributed by atoms with E-state index in [1.165, 1.54) is 37.7 Å². The molecule has 2 atom stereocenters. The van der Waals surface area contributed by atoms with E-state index in [-0.39, 0.29) is 95.8 Å². The van der Waals surface area contributed by atoms with E-state index in [2.05, 4.69) is 40.2 Å². The standard InChI is InChI=1S/C6H10N2O2.C5H9NO3.C4H10NO2P.C3H8NO2P.C3H7NO2.C3H7NO.C2H4O2.CH5N.6H2O/c1-7-3-6(10)8(2)4-5(7)9;1-4(7)6(2)3-5(8)9;1-5(3-8)2-4(6)7;5-3(6)1-4-2-7;1-4-2-3(5)6;1-3(5)4-2;1-2(3)4;1-2;;;;;;/h3-4H2,1-2H3;3H2,1-2H3,(H,8,9);2-3,8H2,1H3,(H,6,7);4H,1-2,7H2,(H,5,6);4H,2H2,1H3,(H,5,6);1-2H3,(H,4,5);1H3,(H,3,4);2H2,1H3;6*1H2. The lowest BCUT2D eigenvalue weighted by molar-refractivity contribution is -0.147. The van der Waals surface area contributed by atoms with Crippen molar-refractivity contribution in [1.82, 2.24) is 35.6 Å². The van der Waals surface area contributed by atoms with Crippen molar-refractivity contribution < 1.29 is 102 Å². The maximum absolute atomic E-state index is 10.9. The average molecular weight is 891 g/mol. The van der Waals surface area contributed by atoms with Gasteiger partial charge in [-0.25, -0.2) is 0 Å². The summed E-state index contributed by atoms with van der Waals surface area (Å²) in [6.07, 6.45) is 1.33. The largest absolute Gasteiger partial charge is 0.481 e. The molecule has 350 valence electrons. The Bertz CT molecular complexity index is 997. The Labute approximate surface area is 336 Å². The summed E-state index contributed by atoms with van der Waals surface area (Å²) in [5.41, 5.74) is 4.50. The van der Waals surface area contributed by atoms with Crippen molar-refractivity contribution >= 4 is 72.0 Å². The number of carbonyl (C=O) groups excluding carboxylic acids is 4. The van der Waals surface area contributed by atoms with Gasteiger partial charge in [-0.3, -0.25) is 48.1 Å². The molecule has 22 N–H and O–H groups in total. The summed E-state index contributed by atoms with van der Waals surface area (Å²) in [5, 5.41) is 47.0. The van der Waals surface area contributed by atoms with Crippen molar-refractivity contribution in [1.29, 1.82) is 0 Å². The van der Waals surface area contributed by atoms with Gasteiger partial charge in [-0.1, -0.05) is 0 Å². The Hall–Kier alpha value is -4.31. The molecule has 1 aliphatic rings. The first-order chi connectivity index (χ1) is 23.4. The van der Waals surface area contributed by atoms with Gasteiger partial charge in [-0.2, -0.15) is 0 Å². The SMILES string of the molecule is CC(=O)N(C)CC(=O)O.CC(=O)O.CN.CN(CP)CC(=O)O.CN1CC(=O)N(C)CC1=O.CNC(C)=O.CNCC(=O)O.O.O.O.O.O.O.O=C(O)CNCP. The van der Waals surface area contributed by atoms with Crippen LogP contribution in [0.3, 0.4) is 0 Å². The summed E-state index contributed by atoms with van der Waals surface area (Å²) in [6, 6.07) is 0. The number of nitrogens with zero attached hydrogens (tertiary/aromatic N) is 4. The lowest BCUT2D eigenvalue weighted by atomic mass is 10.3. The summed E-state index contributed by atoms with van der Waals surface area (Å²) in [5.74, 6) is -4.48. The van der Waals surface area contributed by atoms with Crippen LogP contribution >= 0.6 is 18.5 Å². The lowest BCUT2D eigenvalue weighted by Gasteiger charge is -2.28. The second-order valence-electron chi connectivity index (χ2n) is 9.13. The van der Waals surface area contributed by atoms with Gasteiger partial charge in [0.2, 0.25) is 23.6 Å². The number of likely N-dealkylation sites (N-methyl/N-ethyl adjacent to an activating group) is 5. The number of piperazine rings is 1. The summed E-state index contributed by atoms with van der Waals surface area (Å²) in [4.78, 5) is 95.5. The predicted octanol–water partition coefficient (Wildman–Crippen LogP) is -8.45. The van der Waals surface area contributed by atoms with Crippen LogP contribution in [0.15, 0.2) is 0 Å². The first-order valence-corrected chi connectivity index (χ1v) is 16.0. The molecule has 1 heterocycles. The minimum atomic E-state index is -0.993. The van der Waals surface area contributed by atoms with Crippen LogP contribution in [-0.2, 0) is 43.2 Å². The Morgan fingerprint density at radius 1 is 0.667 bits per heavy atom. The van der Waals surface area contributed by atoms with Crippen LogP contribution in [0, 0.1) is 0 Å². The summed E-state index contributed by atoms with van der Waals surface area (Å²) < 4.78 is 0. The van der Waals surface area contributed by atoms with Crippen LogP contribution in [-0.4, -0.2) is 233 Å². The zero-order valence-electron chi connectivity index (χ0n) is 34.1. The van der Waals surface area contributed by atoms with E-state index in [9.17, 15) is 38.4 Å². The van der Waals surface area contributed by atoms with Crippen LogP contribution in [0.2, 0.25) is 0 Å². The molecule has 0 saturated carbocycles. The monoisotopic (exact) mass is 890 g/mol. The highest BCUT2D eigenvalue weighted by atomic mass is 31.0. The third kappa shape index (κ3) is 106. The number of nitrogens with one attached hydrogen (secondary N) is 3. The molecule has 0 radical (unpaired) electrons. The first-order valence-electron chi connectivity index (χ1n) is 14.3. The highest BCUT2D eigenvalue weighted by Crippen LogP contribution is 1.98. The molecule has 0 aliphatic carbocycles. The van der Waals surface area contributed by atoms with Gasteiger partial charge in [-0.05, 0) is 21.1 Å². The highest BCUT2D eigenvalue weighted by molar-refractivity contribution is 7.16. The number of carboxylic acids is 5. The van der Waals surface area contributed by atoms with E-state index in [0.29, 0.717) is 12.6 Å². The molecule has 1 fully saturated rings. The van der Waals surface area contributed by atoms with Gasteiger partial charge in [-0.15, -0.1) is 18.5 Å². The van der Waals surface area contributed by atoms with E-state index in [1.54, 1.807) is 40.1 Å². The minimum Gasteiger partial charge on any atom is -0.481 e. The van der Waals surface area contributed by atoms with Gasteiger partial charge in [0, 0.05) is 61.5 Å². The molecular formula is C27H72N8O20P2. The Morgan fingerprint density at radius 2 is 0.965 bits per heavy atom. The minimum absolute atomic E-state index is 0. The zero-order chi connectivity index (χ0) is 42.3. The van der Waals surface area contributed by atoms with Gasteiger partial charge in [0.25, 0.3) is 5.97 Å². The van der Waals surface area contributed by atoms with Gasteiger partial charge >= 0.3 is 23.9 Å². The predicted molar refractivity (Wildman–Crippen MR) is 218 cm³/mol. The molecule has 0 spiro atoms. The molecule has 1 rings (SSSR count). The van der Waals surface area contributed by atoms with Crippen LogP contribution in [0.25, 0.3) is 0 Å². The van der Waals surface area contributed by atoms with Crippen LogP contribution in [0.5, 0.6) is 0 Å². The third-order valence-electron chi connectivity index (χ3n) is 4.32. The number of hydrogen-bond acceptors (Lipinski definition) is 13. The first kappa shape index (κ1) is 89.4. The third-order valence-corrected chi connectivity index (χ3v) is 5.24. The van der Waals surface area contributed by atoms with Crippen molar-refractivity contribution in [3.05, 3.63) is 0 Å². The lowest BCUT2D eigenvalue weighted by Crippen LogP contribution is -2.50. The number of amides is 4. The molecule has 30 heteroatoms. The molecule has 57 heavy (non-hydrogen) atoms. The van der Waals surface area contributed by atoms with Crippen molar-refractivity contribution in [3.63, 3.8) is 0 Å². The fraction of sp³-hybridized carbons (Fsp3) is 0.667. The summed E-state index contributed by atoms with van der Waals surface area (Å²) in [6.45, 7) is 4.29. The van der Waals surface area contributed by atoms with E-state index < -0.39 is 29.8 Å². The number of hydrogen-bond donors (Lipinski definition) is 9. The number of nitrogens with two attached hydrogens (primary N) is 1. The number of rotatable bonds is 10. The van der Waals surface area contributed by atoms with Crippen molar-refractivity contribution in [2.45, 2.75) is 20.8 Å². The van der Waals surface area contributed by atoms with Gasteiger partial charge in [0.1, 0.15) is 6.54 Å². The molecule has 0 aromatic rings. The Morgan fingerprint density at radius 3 is 1.07 bits per heavy atom. The number of carbonyl (C=O) groups is 9. The average Bonchev–Trinajstić information content (AvgIpc) is 3.00. The van der Waals surface area contributed by atoms with Crippen molar-refractivity contribution in [3.8, 4) is 0 Å². The molecule has 0 aromatic carbocycles. The van der Waals surface area contributed by atoms with Gasteiger partial charge < -0.3 is 94.8 Å². The quantitative estimate of drug-likeness (QED) is 0.0920. The molecule has 28 nitrogen and oxygen atoms in total. The van der Waals surface area contributed by atoms with Crippen LogP contribution in [0.1, 0.15) is 20.8 Å². The molecule has 1 aliphatic heterocycles. The van der Waals surface area contributed by atoms with Crippen molar-refractivity contribution in [2.24, 2.45) is 5.73 Å². The van der Waals surface area contributed by atoms with Crippen LogP contribution < -0.4 is 21.7 Å². The molecule has 0 aromatic heterocycles. The smallest absolute Gasteiger partial charge is 0.323 e. The van der Waals surface area contributed by atoms with E-state index >= 15 is 0 Å². The topological polar surface area (TPSA) is 519 Å². The summed E-state index contributed by atoms with van der Waals surface area (Å²) >= 11 is 0. The molecule has 0 bridgehead atoms. The molecular weight excluding hydrogens is 818 g/mol. The molecule has 1 saturated heterocycles. The fourth-order valence-corrected chi connectivity index (χ4v) is 2.04. The van der Waals surface area contributed by atoms with Crippen molar-refractivity contribution in [2.75, 3.05) is 101 Å². The number of aliphatic carboxylic acids is 5. The van der Waals surface area contributed by atoms with E-state index in [1.807, 2.05) is 0 Å². The molecule has 2 unspecified atom stereocenters. The highest BCUT2D eigenvalue weighted by Gasteiger charge is 2.23. The normalized spacial score (nSPS) is 9.37. The zero-order valence-corrected chi connectivity index (χ0v) is 36.4. The second kappa shape index (κ2) is 63.6. The fourth-order valence-electron chi connectivity index (χ4n) is 1.76. The maximum atomic E-state index is 10.9. The Balaban J connectivity index is -0.0000000357. The molecule has 4 amide bonds. The maximum Gasteiger partial charge on any atom is 0.323 e. The van der Waals surface area contributed by atoms with Gasteiger partial charge in [0.15, 0.2) is 0 Å². The second-order valence-corrected chi connectivity index (χ2v) is 9.91. The van der Waals surface area contributed by atoms with Crippen LogP contribution in [0.4, 0.5) is 0 Å². The van der Waals surface area contributed by atoms with E-state index in [0.717, 1.165) is 11.8 Å². The van der Waals surface area contributed by atoms with Gasteiger partial charge in [0.05, 0.1) is 32.7 Å².